The first-order chi connectivity index (χ1) is 9.84. The minimum absolute atomic E-state index is 0.733. The van der Waals surface area contributed by atoms with Crippen molar-refractivity contribution in [3.8, 4) is 0 Å². The van der Waals surface area contributed by atoms with Crippen molar-refractivity contribution in [2.24, 2.45) is 11.8 Å². The van der Waals surface area contributed by atoms with Gasteiger partial charge < -0.3 is 0 Å². The van der Waals surface area contributed by atoms with Gasteiger partial charge in [-0.25, -0.2) is 0 Å². The molecule has 0 aliphatic heterocycles. The van der Waals surface area contributed by atoms with Crippen LogP contribution in [0, 0.1) is 11.8 Å². The summed E-state index contributed by atoms with van der Waals surface area (Å²) < 4.78 is 0. The minimum Gasteiger partial charge on any atom is -0.0993 e. The predicted molar refractivity (Wildman–Crippen MR) is 83.7 cm³/mol. The molecule has 20 heavy (non-hydrogen) atoms. The summed E-state index contributed by atoms with van der Waals surface area (Å²) in [5.74, 6) is 2.94. The molecule has 2 saturated carbocycles. The summed E-state index contributed by atoms with van der Waals surface area (Å²) in [5.41, 5.74) is 4.50. The van der Waals surface area contributed by atoms with Crippen molar-refractivity contribution in [3.05, 3.63) is 83.9 Å². The maximum atomic E-state index is 4.43. The van der Waals surface area contributed by atoms with Gasteiger partial charge in [-0.05, 0) is 47.6 Å². The van der Waals surface area contributed by atoms with Crippen LogP contribution in [0.2, 0.25) is 0 Å². The lowest BCUT2D eigenvalue weighted by Gasteiger charge is -2.05. The maximum Gasteiger partial charge on any atom is -0.00902 e. The zero-order chi connectivity index (χ0) is 13.5. The van der Waals surface area contributed by atoms with Gasteiger partial charge in [-0.3, -0.25) is 0 Å². The van der Waals surface area contributed by atoms with Crippen LogP contribution in [-0.2, 0) is 0 Å². The van der Waals surface area contributed by atoms with Crippen LogP contribution in [0.25, 0.3) is 0 Å². The van der Waals surface area contributed by atoms with Crippen LogP contribution in [0.5, 0.6) is 0 Å². The van der Waals surface area contributed by atoms with E-state index in [1.54, 1.807) is 0 Å². The average molecular weight is 260 g/mol. The molecule has 0 radical (unpaired) electrons. The third-order valence-corrected chi connectivity index (χ3v) is 4.99. The Morgan fingerprint density at radius 3 is 1.50 bits per heavy atom. The highest BCUT2D eigenvalue weighted by atomic mass is 14.5. The first-order valence-electron chi connectivity index (χ1n) is 7.63. The normalized spacial score (nSPS) is 30.8. The van der Waals surface area contributed by atoms with Gasteiger partial charge in [0, 0.05) is 0 Å². The van der Waals surface area contributed by atoms with Crippen LogP contribution in [0.1, 0.15) is 35.8 Å². The molecule has 4 rings (SSSR count). The van der Waals surface area contributed by atoms with Crippen LogP contribution in [-0.4, -0.2) is 0 Å². The second-order valence-corrected chi connectivity index (χ2v) is 6.29. The lowest BCUT2D eigenvalue weighted by atomic mass is 9.99. The van der Waals surface area contributed by atoms with E-state index >= 15 is 0 Å². The van der Waals surface area contributed by atoms with E-state index in [2.05, 4.69) is 67.2 Å². The first kappa shape index (κ1) is 12.0. The third-order valence-electron chi connectivity index (χ3n) is 4.99. The summed E-state index contributed by atoms with van der Waals surface area (Å²) in [6, 6.07) is 21.9. The topological polar surface area (TPSA) is 0 Å². The molecule has 0 aromatic heterocycles. The van der Waals surface area contributed by atoms with Crippen molar-refractivity contribution in [2.45, 2.75) is 24.7 Å². The van der Waals surface area contributed by atoms with E-state index in [-0.39, 0.29) is 0 Å². The number of rotatable bonds is 4. The van der Waals surface area contributed by atoms with Crippen LogP contribution in [0.4, 0.5) is 0 Å². The van der Waals surface area contributed by atoms with Crippen LogP contribution in [0.3, 0.4) is 0 Å². The summed E-state index contributed by atoms with van der Waals surface area (Å²) in [7, 11) is 0. The molecule has 0 nitrogen and oxygen atoms in total. The van der Waals surface area contributed by atoms with Crippen LogP contribution >= 0.6 is 0 Å². The van der Waals surface area contributed by atoms with E-state index in [1.165, 1.54) is 29.5 Å². The fourth-order valence-corrected chi connectivity index (χ4v) is 3.62. The van der Waals surface area contributed by atoms with Gasteiger partial charge in [-0.2, -0.15) is 0 Å². The Morgan fingerprint density at radius 2 is 1.10 bits per heavy atom. The molecule has 0 amide bonds. The Kier molecular flexibility index (Phi) is 2.77. The molecule has 2 aliphatic carbocycles. The van der Waals surface area contributed by atoms with E-state index in [0.717, 1.165) is 23.7 Å². The molecule has 1 unspecified atom stereocenters. The Hall–Kier alpha value is -1.82. The lowest BCUT2D eigenvalue weighted by molar-refractivity contribution is 0.811. The average Bonchev–Trinajstić information content (AvgIpc) is 3.40. The fraction of sp³-hybridized carbons (Fsp3) is 0.300. The Bertz CT molecular complexity index is 556. The van der Waals surface area contributed by atoms with E-state index in [9.17, 15) is 0 Å². The fourth-order valence-electron chi connectivity index (χ4n) is 3.62. The smallest absolute Gasteiger partial charge is 0.00902 e. The SMILES string of the molecule is C=C(C1C[C@H]1c1ccccc1)[C@@H]1C[C@H]1c1ccccc1. The summed E-state index contributed by atoms with van der Waals surface area (Å²) in [5, 5.41) is 0. The van der Waals surface area contributed by atoms with Gasteiger partial charge in [0.25, 0.3) is 0 Å². The van der Waals surface area contributed by atoms with Gasteiger partial charge >= 0.3 is 0 Å². The third kappa shape index (κ3) is 2.10. The van der Waals surface area contributed by atoms with E-state index in [1.807, 2.05) is 0 Å². The second kappa shape index (κ2) is 4.63. The Balaban J connectivity index is 1.42. The van der Waals surface area contributed by atoms with Gasteiger partial charge in [0.2, 0.25) is 0 Å². The summed E-state index contributed by atoms with van der Waals surface area (Å²) in [4.78, 5) is 0. The molecule has 0 spiro atoms. The lowest BCUT2D eigenvalue weighted by Crippen LogP contribution is -1.92. The van der Waals surface area contributed by atoms with Crippen molar-refractivity contribution in [1.82, 2.24) is 0 Å². The van der Waals surface area contributed by atoms with Gasteiger partial charge in [0.15, 0.2) is 0 Å². The van der Waals surface area contributed by atoms with E-state index in [0.29, 0.717) is 0 Å². The summed E-state index contributed by atoms with van der Waals surface area (Å²) in [6.07, 6.45) is 2.61. The molecule has 2 aromatic rings. The molecule has 2 fully saturated rings. The van der Waals surface area contributed by atoms with Crippen molar-refractivity contribution >= 4 is 0 Å². The van der Waals surface area contributed by atoms with E-state index in [4.69, 9.17) is 0 Å². The standard InChI is InChI=1S/C20H20/c1-14(17-12-19(17)15-8-4-2-5-9-15)18-13-20(18)16-10-6-3-7-11-16/h2-11,17-20H,1,12-13H2/t17-,18?,19-,20-/m0/s1. The molecule has 2 aromatic carbocycles. The molecule has 0 N–H and O–H groups in total. The monoisotopic (exact) mass is 260 g/mol. The predicted octanol–water partition coefficient (Wildman–Crippen LogP) is 5.15. The summed E-state index contributed by atoms with van der Waals surface area (Å²) >= 11 is 0. The van der Waals surface area contributed by atoms with Gasteiger partial charge in [0.1, 0.15) is 0 Å². The van der Waals surface area contributed by atoms with Crippen molar-refractivity contribution in [2.75, 3.05) is 0 Å². The molecule has 0 heteroatoms. The number of hydrogen-bond donors (Lipinski definition) is 0. The Labute approximate surface area is 121 Å². The van der Waals surface area contributed by atoms with Crippen LogP contribution < -0.4 is 0 Å². The minimum atomic E-state index is 0.733. The van der Waals surface area contributed by atoms with Crippen LogP contribution in [0.15, 0.2) is 72.8 Å². The number of allylic oxidation sites excluding steroid dienone is 1. The van der Waals surface area contributed by atoms with Gasteiger partial charge in [-0.1, -0.05) is 72.8 Å². The molecule has 100 valence electrons. The molecular weight excluding hydrogens is 240 g/mol. The molecule has 0 bridgehead atoms. The molecule has 0 heterocycles. The molecular formula is C20H20. The highest BCUT2D eigenvalue weighted by molar-refractivity contribution is 5.37. The van der Waals surface area contributed by atoms with E-state index < -0.39 is 0 Å². The summed E-state index contributed by atoms with van der Waals surface area (Å²) in [6.45, 7) is 4.43. The van der Waals surface area contributed by atoms with Crippen molar-refractivity contribution < 1.29 is 0 Å². The molecule has 0 saturated heterocycles. The zero-order valence-electron chi connectivity index (χ0n) is 11.7. The highest BCUT2D eigenvalue weighted by Gasteiger charge is 2.49. The highest BCUT2D eigenvalue weighted by Crippen LogP contribution is 2.61. The first-order valence-corrected chi connectivity index (χ1v) is 7.63. The number of benzene rings is 2. The van der Waals surface area contributed by atoms with Crippen molar-refractivity contribution in [1.29, 1.82) is 0 Å². The van der Waals surface area contributed by atoms with Gasteiger partial charge in [0.05, 0.1) is 0 Å². The second-order valence-electron chi connectivity index (χ2n) is 6.29. The van der Waals surface area contributed by atoms with Crippen molar-refractivity contribution in [3.63, 3.8) is 0 Å². The maximum absolute atomic E-state index is 4.43. The zero-order valence-corrected chi connectivity index (χ0v) is 11.7. The molecule has 2 aliphatic rings. The quantitative estimate of drug-likeness (QED) is 0.667. The Morgan fingerprint density at radius 1 is 0.700 bits per heavy atom. The van der Waals surface area contributed by atoms with Gasteiger partial charge in [-0.15, -0.1) is 0 Å². The largest absolute Gasteiger partial charge is 0.0993 e. The number of hydrogen-bond acceptors (Lipinski definition) is 0. The molecule has 4 atom stereocenters.